The van der Waals surface area contributed by atoms with E-state index < -0.39 is 18.2 Å². The van der Waals surface area contributed by atoms with Crippen molar-refractivity contribution in [1.82, 2.24) is 9.97 Å². The minimum absolute atomic E-state index is 0.104. The van der Waals surface area contributed by atoms with Gasteiger partial charge in [-0.05, 0) is 42.5 Å². The van der Waals surface area contributed by atoms with Crippen molar-refractivity contribution in [3.63, 3.8) is 0 Å². The summed E-state index contributed by atoms with van der Waals surface area (Å²) < 4.78 is 51.8. The molecule has 0 spiro atoms. The summed E-state index contributed by atoms with van der Waals surface area (Å²) in [6.45, 7) is 0. The van der Waals surface area contributed by atoms with Gasteiger partial charge in [-0.2, -0.15) is 4.98 Å². The third kappa shape index (κ3) is 5.10. The molecule has 10 heteroatoms. The quantitative estimate of drug-likeness (QED) is 0.572. The molecule has 0 bridgehead atoms. The van der Waals surface area contributed by atoms with Gasteiger partial charge in [-0.1, -0.05) is 18.2 Å². The topological polar surface area (TPSA) is 86.5 Å². The fourth-order valence-corrected chi connectivity index (χ4v) is 2.78. The number of ether oxygens (including phenoxy) is 2. The summed E-state index contributed by atoms with van der Waals surface area (Å²) in [6, 6.07) is 10.2. The molecule has 31 heavy (non-hydrogen) atoms. The van der Waals surface area contributed by atoms with E-state index in [1.54, 1.807) is 42.6 Å². The first-order valence-electron chi connectivity index (χ1n) is 9.00. The van der Waals surface area contributed by atoms with Gasteiger partial charge in [0.05, 0.1) is 11.3 Å². The first-order valence-corrected chi connectivity index (χ1v) is 9.00. The van der Waals surface area contributed by atoms with Crippen molar-refractivity contribution >= 4 is 23.0 Å². The smallest absolute Gasteiger partial charge is 0.434 e. The Kier molecular flexibility index (Phi) is 5.44. The number of amides is 1. The van der Waals surface area contributed by atoms with Crippen LogP contribution in [-0.2, 0) is 9.47 Å². The van der Waals surface area contributed by atoms with Gasteiger partial charge in [-0.15, -0.1) is 13.2 Å². The zero-order valence-corrected chi connectivity index (χ0v) is 15.7. The lowest BCUT2D eigenvalue weighted by Crippen LogP contribution is -2.14. The van der Waals surface area contributed by atoms with Crippen LogP contribution in [-0.4, -0.2) is 22.4 Å². The van der Waals surface area contributed by atoms with Crippen molar-refractivity contribution in [1.29, 1.82) is 0 Å². The predicted octanol–water partition coefficient (Wildman–Crippen LogP) is 5.70. The van der Waals surface area contributed by atoms with E-state index in [1.165, 1.54) is 12.2 Å². The van der Waals surface area contributed by atoms with Crippen LogP contribution in [0.25, 0.3) is 22.7 Å². The second kappa shape index (κ2) is 8.34. The van der Waals surface area contributed by atoms with E-state index in [2.05, 4.69) is 20.0 Å². The first-order chi connectivity index (χ1) is 14.9. The fourth-order valence-electron chi connectivity index (χ4n) is 2.78. The van der Waals surface area contributed by atoms with E-state index >= 15 is 0 Å². The van der Waals surface area contributed by atoms with Crippen molar-refractivity contribution in [2.45, 2.75) is 12.8 Å². The highest BCUT2D eigenvalue weighted by atomic mass is 19.4. The summed E-state index contributed by atoms with van der Waals surface area (Å²) in [7, 11) is 0. The third-order valence-electron chi connectivity index (χ3n) is 4.05. The number of alkyl halides is 3. The molecule has 0 saturated heterocycles. The van der Waals surface area contributed by atoms with Gasteiger partial charge in [0.15, 0.2) is 11.2 Å². The number of fused-ring (bicyclic) bond motifs is 1. The Bertz CT molecular complexity index is 1180. The molecule has 158 valence electrons. The minimum atomic E-state index is -4.81. The number of hydrogen-bond acceptors (Lipinski definition) is 6. The average Bonchev–Trinajstić information content (AvgIpc) is 3.03. The van der Waals surface area contributed by atoms with Crippen LogP contribution in [0, 0.1) is 0 Å². The van der Waals surface area contributed by atoms with Crippen LogP contribution < -0.4 is 5.32 Å². The number of carbonyl (C=O) groups excluding carboxylic acids is 1. The number of nitrogens with one attached hydrogen (secondary N) is 1. The average molecular weight is 429 g/mol. The van der Waals surface area contributed by atoms with E-state index in [0.717, 1.165) is 12.2 Å². The highest BCUT2D eigenvalue weighted by Gasteiger charge is 2.31. The molecule has 0 fully saturated rings. The highest BCUT2D eigenvalue weighted by Crippen LogP contribution is 2.30. The Morgan fingerprint density at radius 2 is 1.97 bits per heavy atom. The molecule has 0 unspecified atom stereocenters. The number of carbonyl (C=O) groups is 1. The Morgan fingerprint density at radius 3 is 2.77 bits per heavy atom. The van der Waals surface area contributed by atoms with E-state index in [9.17, 15) is 18.0 Å². The summed E-state index contributed by atoms with van der Waals surface area (Å²) in [6.07, 6.45) is 0.902. The number of oxazole rings is 1. The molecular formula is C21H14F3N3O4. The van der Waals surface area contributed by atoms with Gasteiger partial charge in [0, 0.05) is 12.6 Å². The normalized spacial score (nSPS) is 13.9. The van der Waals surface area contributed by atoms with Crippen molar-refractivity contribution < 1.29 is 31.9 Å². The lowest BCUT2D eigenvalue weighted by molar-refractivity contribution is -0.303. The Labute approximate surface area is 173 Å². The maximum absolute atomic E-state index is 12.4. The number of rotatable bonds is 4. The fraction of sp³-hybridized carbons (Fsp3) is 0.0952. The zero-order chi connectivity index (χ0) is 21.8. The van der Waals surface area contributed by atoms with Crippen LogP contribution in [0.15, 0.2) is 82.8 Å². The summed E-state index contributed by atoms with van der Waals surface area (Å²) in [5, 5.41) is 2.59. The molecule has 7 nitrogen and oxygen atoms in total. The van der Waals surface area contributed by atoms with E-state index in [1.807, 2.05) is 0 Å². The molecule has 0 atom stereocenters. The third-order valence-corrected chi connectivity index (χ3v) is 4.05. The summed E-state index contributed by atoms with van der Waals surface area (Å²) in [5.41, 5.74) is 1.80. The first kappa shape index (κ1) is 20.2. The predicted molar refractivity (Wildman–Crippen MR) is 104 cm³/mol. The Hall–Kier alpha value is -4.08. The number of pyridine rings is 1. The Morgan fingerprint density at radius 1 is 1.13 bits per heavy atom. The Balaban J connectivity index is 1.49. The SMILES string of the molecule is O=C(Nc1ccccc1-c1nc2ncccc2o1)OC1=CC=C(OC(F)(F)F)C=CC1. The van der Waals surface area contributed by atoms with Gasteiger partial charge in [0.1, 0.15) is 11.5 Å². The number of allylic oxidation sites excluding steroid dienone is 4. The number of halogens is 3. The molecule has 1 amide bonds. The van der Waals surface area contributed by atoms with Crippen molar-refractivity contribution in [3.8, 4) is 11.5 Å². The molecule has 1 aliphatic rings. The second-order valence-corrected chi connectivity index (χ2v) is 6.26. The molecule has 2 heterocycles. The minimum Gasteiger partial charge on any atom is -0.434 e. The largest absolute Gasteiger partial charge is 0.573 e. The van der Waals surface area contributed by atoms with Gasteiger partial charge in [-0.25, -0.2) is 9.78 Å². The number of benzene rings is 1. The lowest BCUT2D eigenvalue weighted by Gasteiger charge is -2.10. The number of anilines is 1. The van der Waals surface area contributed by atoms with Crippen molar-refractivity contribution in [2.75, 3.05) is 5.32 Å². The molecule has 4 rings (SSSR count). The monoisotopic (exact) mass is 429 g/mol. The zero-order valence-electron chi connectivity index (χ0n) is 15.7. The van der Waals surface area contributed by atoms with Crippen LogP contribution >= 0.6 is 0 Å². The molecule has 0 saturated carbocycles. The molecule has 0 aliphatic heterocycles. The number of para-hydroxylation sites is 1. The second-order valence-electron chi connectivity index (χ2n) is 6.26. The molecule has 3 aromatic rings. The van der Waals surface area contributed by atoms with Crippen LogP contribution in [0.3, 0.4) is 0 Å². The summed E-state index contributed by atoms with van der Waals surface area (Å²) >= 11 is 0. The van der Waals surface area contributed by atoms with Gasteiger partial charge >= 0.3 is 12.5 Å². The number of hydrogen-bond donors (Lipinski definition) is 1. The van der Waals surface area contributed by atoms with Crippen LogP contribution in [0.1, 0.15) is 6.42 Å². The molecule has 1 aromatic carbocycles. The standard InChI is InChI=1S/C21H14F3N3O4/c22-21(23,24)31-14-6-3-5-13(10-11-14)29-20(28)26-16-8-2-1-7-15(16)19-27-18-17(30-19)9-4-12-25-18/h1-4,6-12H,5H2,(H,26,28). The molecule has 1 aliphatic carbocycles. The van der Waals surface area contributed by atoms with Gasteiger partial charge in [0.2, 0.25) is 5.89 Å². The van der Waals surface area contributed by atoms with E-state index in [4.69, 9.17) is 9.15 Å². The van der Waals surface area contributed by atoms with Crippen LogP contribution in [0.4, 0.5) is 23.7 Å². The highest BCUT2D eigenvalue weighted by molar-refractivity contribution is 5.91. The molecule has 1 N–H and O–H groups in total. The van der Waals surface area contributed by atoms with Crippen molar-refractivity contribution in [2.24, 2.45) is 0 Å². The molecule has 2 aromatic heterocycles. The van der Waals surface area contributed by atoms with Gasteiger partial charge < -0.3 is 13.9 Å². The van der Waals surface area contributed by atoms with Crippen LogP contribution in [0.5, 0.6) is 0 Å². The van der Waals surface area contributed by atoms with Gasteiger partial charge in [-0.3, -0.25) is 5.32 Å². The van der Waals surface area contributed by atoms with Gasteiger partial charge in [0.25, 0.3) is 0 Å². The molecule has 0 radical (unpaired) electrons. The lowest BCUT2D eigenvalue weighted by atomic mass is 10.2. The number of aromatic nitrogens is 2. The molecular weight excluding hydrogens is 415 g/mol. The van der Waals surface area contributed by atoms with Crippen LogP contribution in [0.2, 0.25) is 0 Å². The maximum Gasteiger partial charge on any atom is 0.573 e. The van der Waals surface area contributed by atoms with Crippen molar-refractivity contribution in [3.05, 3.63) is 78.4 Å². The van der Waals surface area contributed by atoms with E-state index in [0.29, 0.717) is 22.5 Å². The maximum atomic E-state index is 12.4. The summed E-state index contributed by atoms with van der Waals surface area (Å²) in [4.78, 5) is 20.8. The van der Waals surface area contributed by atoms with E-state index in [-0.39, 0.29) is 18.1 Å². The summed E-state index contributed by atoms with van der Waals surface area (Å²) in [5.74, 6) is -0.0161. The number of nitrogens with zero attached hydrogens (tertiary/aromatic N) is 2.